The second-order valence-corrected chi connectivity index (χ2v) is 6.81. The van der Waals surface area contributed by atoms with E-state index in [0.717, 1.165) is 18.5 Å². The molecular weight excluding hydrogens is 297 g/mol. The summed E-state index contributed by atoms with van der Waals surface area (Å²) in [5, 5.41) is 12.2. The lowest BCUT2D eigenvalue weighted by molar-refractivity contribution is -0.190. The fraction of sp³-hybridized carbons (Fsp3) is 0.714. The van der Waals surface area contributed by atoms with E-state index in [1.54, 1.807) is 6.07 Å². The number of amides is 1. The Morgan fingerprint density at radius 2 is 2.18 bits per heavy atom. The first kappa shape index (κ1) is 14.0. The molecule has 120 valence electrons. The van der Waals surface area contributed by atoms with Gasteiger partial charge in [0.1, 0.15) is 5.69 Å². The van der Waals surface area contributed by atoms with Crippen LogP contribution in [-0.2, 0) is 0 Å². The summed E-state index contributed by atoms with van der Waals surface area (Å²) in [5.74, 6) is 0.0420. The highest BCUT2D eigenvalue weighted by atomic mass is 19.4. The van der Waals surface area contributed by atoms with E-state index in [1.165, 1.54) is 0 Å². The molecule has 3 fully saturated rings. The Bertz CT molecular complexity index is 624. The molecule has 1 saturated heterocycles. The number of halogens is 3. The van der Waals surface area contributed by atoms with Gasteiger partial charge in [0, 0.05) is 36.7 Å². The maximum absolute atomic E-state index is 13.2. The summed E-state index contributed by atoms with van der Waals surface area (Å²) >= 11 is 0. The molecule has 4 rings (SSSR count). The molecule has 0 aromatic carbocycles. The number of aromatic amines is 1. The summed E-state index contributed by atoms with van der Waals surface area (Å²) in [6, 6.07) is 1.70. The Balaban J connectivity index is 1.41. The second-order valence-electron chi connectivity index (χ2n) is 6.81. The third-order valence-corrected chi connectivity index (χ3v) is 5.40. The zero-order valence-corrected chi connectivity index (χ0v) is 11.9. The minimum atomic E-state index is -4.23. The monoisotopic (exact) mass is 314 g/mol. The van der Waals surface area contributed by atoms with Gasteiger partial charge in [-0.25, -0.2) is 0 Å². The van der Waals surface area contributed by atoms with Gasteiger partial charge in [-0.2, -0.15) is 18.3 Å². The number of H-pyrrole nitrogens is 1. The van der Waals surface area contributed by atoms with E-state index >= 15 is 0 Å². The highest BCUT2D eigenvalue weighted by Gasteiger charge is 2.81. The van der Waals surface area contributed by atoms with Gasteiger partial charge in [0.25, 0.3) is 5.91 Å². The summed E-state index contributed by atoms with van der Waals surface area (Å²) < 4.78 is 39.6. The molecule has 0 unspecified atom stereocenters. The van der Waals surface area contributed by atoms with E-state index in [4.69, 9.17) is 0 Å². The van der Waals surface area contributed by atoms with Crippen LogP contribution in [0.3, 0.4) is 0 Å². The van der Waals surface area contributed by atoms with Gasteiger partial charge in [0.15, 0.2) is 0 Å². The highest BCUT2D eigenvalue weighted by molar-refractivity contribution is 5.92. The maximum atomic E-state index is 13.2. The van der Waals surface area contributed by atoms with Crippen molar-refractivity contribution in [3.63, 3.8) is 0 Å². The number of hydrogen-bond acceptors (Lipinski definition) is 3. The van der Waals surface area contributed by atoms with Crippen LogP contribution in [-0.4, -0.2) is 41.9 Å². The van der Waals surface area contributed by atoms with Crippen LogP contribution in [0.25, 0.3) is 0 Å². The molecule has 0 radical (unpaired) electrons. The minimum absolute atomic E-state index is 0.0317. The van der Waals surface area contributed by atoms with Gasteiger partial charge in [-0.1, -0.05) is 0 Å². The third-order valence-electron chi connectivity index (χ3n) is 5.40. The van der Waals surface area contributed by atoms with Gasteiger partial charge < -0.3 is 10.6 Å². The number of fused-ring (bicyclic) bond motifs is 1. The van der Waals surface area contributed by atoms with Crippen LogP contribution in [0.1, 0.15) is 41.4 Å². The molecular formula is C14H17F3N4O. The highest BCUT2D eigenvalue weighted by Crippen LogP contribution is 2.72. The normalized spacial score (nSPS) is 33.6. The van der Waals surface area contributed by atoms with Crippen molar-refractivity contribution in [1.82, 2.24) is 20.8 Å². The lowest BCUT2D eigenvalue weighted by atomic mass is 9.95. The van der Waals surface area contributed by atoms with Crippen molar-refractivity contribution in [2.75, 3.05) is 19.6 Å². The number of rotatable bonds is 4. The van der Waals surface area contributed by atoms with Crippen LogP contribution in [0.15, 0.2) is 6.07 Å². The standard InChI is InChI=1S/C14H17F3N4O/c15-14(16,17)13-4-12(13,5-18-7-13)6-19-11(22)10-3-9(20-21-10)8-1-2-8/h3,8,18H,1-2,4-7H2,(H,19,22)(H,20,21)/t12-,13-/m0/s1. The zero-order chi connectivity index (χ0) is 15.6. The summed E-state index contributed by atoms with van der Waals surface area (Å²) in [5.41, 5.74) is -1.38. The maximum Gasteiger partial charge on any atom is 0.396 e. The van der Waals surface area contributed by atoms with Gasteiger partial charge in [-0.15, -0.1) is 0 Å². The van der Waals surface area contributed by atoms with Crippen molar-refractivity contribution in [2.45, 2.75) is 31.4 Å². The predicted octanol–water partition coefficient (Wildman–Crippen LogP) is 1.56. The predicted molar refractivity (Wildman–Crippen MR) is 71.3 cm³/mol. The molecule has 2 heterocycles. The van der Waals surface area contributed by atoms with Crippen LogP contribution in [0.5, 0.6) is 0 Å². The molecule has 5 nitrogen and oxygen atoms in total. The molecule has 8 heteroatoms. The number of hydrogen-bond donors (Lipinski definition) is 3. The molecule has 22 heavy (non-hydrogen) atoms. The smallest absolute Gasteiger partial charge is 0.350 e. The van der Waals surface area contributed by atoms with E-state index in [2.05, 4.69) is 20.8 Å². The fourth-order valence-electron chi connectivity index (χ4n) is 3.72. The Hall–Kier alpha value is -1.57. The van der Waals surface area contributed by atoms with Crippen LogP contribution < -0.4 is 10.6 Å². The number of nitrogens with one attached hydrogen (secondary N) is 3. The zero-order valence-electron chi connectivity index (χ0n) is 11.9. The molecule has 1 aromatic heterocycles. The topological polar surface area (TPSA) is 69.8 Å². The molecule has 2 saturated carbocycles. The van der Waals surface area contributed by atoms with Crippen LogP contribution in [0, 0.1) is 10.8 Å². The quantitative estimate of drug-likeness (QED) is 0.790. The number of carbonyl (C=O) groups excluding carboxylic acids is 1. The molecule has 3 aliphatic rings. The average Bonchev–Trinajstić information content (AvgIpc) is 3.33. The largest absolute Gasteiger partial charge is 0.396 e. The lowest BCUT2D eigenvalue weighted by Gasteiger charge is -2.20. The average molecular weight is 314 g/mol. The minimum Gasteiger partial charge on any atom is -0.350 e. The molecule has 0 bridgehead atoms. The van der Waals surface area contributed by atoms with Crippen molar-refractivity contribution in [1.29, 1.82) is 0 Å². The molecule has 1 amide bonds. The lowest BCUT2D eigenvalue weighted by Crippen LogP contribution is -2.37. The first-order valence-corrected chi connectivity index (χ1v) is 7.48. The molecule has 1 aromatic rings. The van der Waals surface area contributed by atoms with Crippen molar-refractivity contribution in [2.24, 2.45) is 10.8 Å². The molecule has 1 aliphatic heterocycles. The van der Waals surface area contributed by atoms with Crippen molar-refractivity contribution in [3.8, 4) is 0 Å². The summed E-state index contributed by atoms with van der Waals surface area (Å²) in [7, 11) is 0. The van der Waals surface area contributed by atoms with Crippen LogP contribution in [0.2, 0.25) is 0 Å². The van der Waals surface area contributed by atoms with Gasteiger partial charge in [0.2, 0.25) is 0 Å². The van der Waals surface area contributed by atoms with Crippen molar-refractivity contribution >= 4 is 5.91 Å². The summed E-state index contributed by atoms with van der Waals surface area (Å²) in [4.78, 5) is 12.1. The molecule has 0 spiro atoms. The first-order valence-electron chi connectivity index (χ1n) is 7.48. The number of nitrogens with zero attached hydrogens (tertiary/aromatic N) is 1. The van der Waals surface area contributed by atoms with E-state index in [1.807, 2.05) is 0 Å². The Kier molecular flexibility index (Phi) is 2.71. The van der Waals surface area contributed by atoms with E-state index < -0.39 is 22.9 Å². The number of carbonyl (C=O) groups is 1. The second kappa shape index (κ2) is 4.24. The fourth-order valence-corrected chi connectivity index (χ4v) is 3.72. The SMILES string of the molecule is O=C(NC[C@]12CNC[C@@]1(C(F)(F)F)C2)c1cc(C2CC2)[nH]n1. The van der Waals surface area contributed by atoms with Gasteiger partial charge in [-0.3, -0.25) is 9.89 Å². The van der Waals surface area contributed by atoms with E-state index in [9.17, 15) is 18.0 Å². The van der Waals surface area contributed by atoms with Crippen molar-refractivity contribution in [3.05, 3.63) is 17.5 Å². The van der Waals surface area contributed by atoms with Gasteiger partial charge in [0.05, 0.1) is 5.41 Å². The Morgan fingerprint density at radius 3 is 2.82 bits per heavy atom. The van der Waals surface area contributed by atoms with Gasteiger partial charge >= 0.3 is 6.18 Å². The third kappa shape index (κ3) is 1.89. The number of alkyl halides is 3. The van der Waals surface area contributed by atoms with E-state index in [-0.39, 0.29) is 25.2 Å². The van der Waals surface area contributed by atoms with Crippen LogP contribution >= 0.6 is 0 Å². The van der Waals surface area contributed by atoms with Gasteiger partial charge in [-0.05, 0) is 25.3 Å². The summed E-state index contributed by atoms with van der Waals surface area (Å²) in [6.45, 7) is 0.269. The number of piperidine rings is 1. The Labute approximate surface area is 125 Å². The molecule has 3 N–H and O–H groups in total. The number of aromatic nitrogens is 2. The first-order chi connectivity index (χ1) is 10.4. The molecule has 2 atom stereocenters. The van der Waals surface area contributed by atoms with E-state index in [0.29, 0.717) is 12.5 Å². The van der Waals surface area contributed by atoms with Crippen molar-refractivity contribution < 1.29 is 18.0 Å². The molecule has 2 aliphatic carbocycles. The summed E-state index contributed by atoms with van der Waals surface area (Å²) in [6.07, 6.45) is -1.96. The van der Waals surface area contributed by atoms with Crippen LogP contribution in [0.4, 0.5) is 13.2 Å². The Morgan fingerprint density at radius 1 is 1.41 bits per heavy atom.